The number of alkyl halides is 9. The molecule has 2 atom stereocenters. The molecule has 1 aliphatic rings. The average molecular weight is 557 g/mol. The van der Waals surface area contributed by atoms with Gasteiger partial charge >= 0.3 is 24.6 Å². The fourth-order valence-corrected chi connectivity index (χ4v) is 4.38. The van der Waals surface area contributed by atoms with Crippen LogP contribution in [0.2, 0.25) is 0 Å². The Morgan fingerprint density at radius 3 is 1.95 bits per heavy atom. The van der Waals surface area contributed by atoms with Crippen LogP contribution in [0.4, 0.5) is 50.0 Å². The van der Waals surface area contributed by atoms with Crippen LogP contribution < -0.4 is 4.90 Å². The van der Waals surface area contributed by atoms with Crippen molar-refractivity contribution < 1.29 is 54.2 Å². The molecule has 1 aliphatic heterocycles. The van der Waals surface area contributed by atoms with Crippen molar-refractivity contribution in [3.05, 3.63) is 58.4 Å². The minimum Gasteiger partial charge on any atom is -0.465 e. The molecular formula is C23H20F9N3O3. The summed E-state index contributed by atoms with van der Waals surface area (Å²) in [6.07, 6.45) is -17.0. The van der Waals surface area contributed by atoms with E-state index in [-0.39, 0.29) is 24.6 Å². The first-order valence-corrected chi connectivity index (χ1v) is 11.0. The predicted octanol–water partition coefficient (Wildman–Crippen LogP) is 6.89. The zero-order valence-electron chi connectivity index (χ0n) is 19.7. The number of hydrogen-bond acceptors (Lipinski definition) is 3. The normalized spacial score (nSPS) is 18.2. The third-order valence-corrected chi connectivity index (χ3v) is 6.09. The molecule has 0 aliphatic carbocycles. The van der Waals surface area contributed by atoms with E-state index in [1.165, 1.54) is 0 Å². The van der Waals surface area contributed by atoms with Gasteiger partial charge < -0.3 is 10.0 Å². The Morgan fingerprint density at radius 2 is 1.53 bits per heavy atom. The van der Waals surface area contributed by atoms with Gasteiger partial charge in [0.1, 0.15) is 5.69 Å². The minimum atomic E-state index is -5.16. The number of carboxylic acid groups (broad SMARTS) is 1. The summed E-state index contributed by atoms with van der Waals surface area (Å²) in [6.45, 7) is 1.67. The standard InChI is InChI=1S/C23H20F9N3O3/c1-3-15-9-17(19-16(35(15)20(37)38)4-5-18(33-19)23(30,31)32)34(11(2)36)10-12-6-13(21(24,25)26)8-14(7-12)22(27,28)29/h4-8,15,17H,3,9-10H2,1-2H3,(H,37,38)/t15-,17+/m1/s1. The number of benzene rings is 1. The van der Waals surface area contributed by atoms with Crippen molar-refractivity contribution >= 4 is 17.7 Å². The molecule has 38 heavy (non-hydrogen) atoms. The molecule has 6 nitrogen and oxygen atoms in total. The van der Waals surface area contributed by atoms with Crippen LogP contribution in [0.5, 0.6) is 0 Å². The number of nitrogens with zero attached hydrogens (tertiary/aromatic N) is 3. The minimum absolute atomic E-state index is 0.0907. The van der Waals surface area contributed by atoms with Crippen LogP contribution in [0, 0.1) is 0 Å². The van der Waals surface area contributed by atoms with Gasteiger partial charge in [0.15, 0.2) is 0 Å². The topological polar surface area (TPSA) is 73.7 Å². The molecule has 0 saturated heterocycles. The zero-order chi connectivity index (χ0) is 28.8. The predicted molar refractivity (Wildman–Crippen MR) is 114 cm³/mol. The van der Waals surface area contributed by atoms with E-state index < -0.39 is 77.2 Å². The van der Waals surface area contributed by atoms with Crippen molar-refractivity contribution in [3.63, 3.8) is 0 Å². The lowest BCUT2D eigenvalue weighted by Gasteiger charge is -2.42. The van der Waals surface area contributed by atoms with Gasteiger partial charge in [0.25, 0.3) is 0 Å². The van der Waals surface area contributed by atoms with Crippen molar-refractivity contribution in [2.75, 3.05) is 4.90 Å². The molecule has 0 radical (unpaired) electrons. The summed E-state index contributed by atoms with van der Waals surface area (Å²) in [5, 5.41) is 9.68. The molecule has 1 aromatic heterocycles. The van der Waals surface area contributed by atoms with Gasteiger partial charge in [-0.25, -0.2) is 9.78 Å². The Morgan fingerprint density at radius 1 is 0.974 bits per heavy atom. The molecule has 2 heterocycles. The van der Waals surface area contributed by atoms with Crippen LogP contribution in [0.1, 0.15) is 60.8 Å². The lowest BCUT2D eigenvalue weighted by molar-refractivity contribution is -0.143. The molecule has 1 aromatic carbocycles. The molecule has 0 unspecified atom stereocenters. The second-order valence-corrected chi connectivity index (χ2v) is 8.63. The number of fused-ring (bicyclic) bond motifs is 1. The second kappa shape index (κ2) is 9.98. The van der Waals surface area contributed by atoms with Gasteiger partial charge in [-0.1, -0.05) is 6.92 Å². The summed E-state index contributed by atoms with van der Waals surface area (Å²) in [5.74, 6) is -0.884. The van der Waals surface area contributed by atoms with Crippen LogP contribution in [0.25, 0.3) is 0 Å². The summed E-state index contributed by atoms with van der Waals surface area (Å²) in [7, 11) is 0. The Hall–Kier alpha value is -3.52. The van der Waals surface area contributed by atoms with Gasteiger partial charge in [0.05, 0.1) is 28.6 Å². The molecule has 1 N–H and O–H groups in total. The molecule has 0 bridgehead atoms. The Bertz CT molecular complexity index is 1190. The fourth-order valence-electron chi connectivity index (χ4n) is 4.38. The van der Waals surface area contributed by atoms with Gasteiger partial charge in [-0.15, -0.1) is 0 Å². The number of anilines is 1. The molecule has 3 rings (SSSR count). The molecule has 15 heteroatoms. The highest BCUT2D eigenvalue weighted by Crippen LogP contribution is 2.43. The largest absolute Gasteiger partial charge is 0.465 e. The molecule has 2 aromatic rings. The van der Waals surface area contributed by atoms with E-state index in [9.17, 15) is 54.2 Å². The first kappa shape index (κ1) is 29.0. The van der Waals surface area contributed by atoms with E-state index in [2.05, 4.69) is 4.98 Å². The molecule has 0 fully saturated rings. The van der Waals surface area contributed by atoms with Crippen molar-refractivity contribution in [1.82, 2.24) is 9.88 Å². The van der Waals surface area contributed by atoms with E-state index in [0.29, 0.717) is 18.2 Å². The van der Waals surface area contributed by atoms with Crippen LogP contribution in [0.15, 0.2) is 30.3 Å². The number of carbonyl (C=O) groups excluding carboxylic acids is 1. The number of halogens is 9. The van der Waals surface area contributed by atoms with Crippen molar-refractivity contribution in [3.8, 4) is 0 Å². The summed E-state index contributed by atoms with van der Waals surface area (Å²) in [6, 6.07) is -0.119. The molecule has 2 amide bonds. The van der Waals surface area contributed by atoms with Crippen LogP contribution >= 0.6 is 0 Å². The van der Waals surface area contributed by atoms with E-state index >= 15 is 0 Å². The first-order valence-electron chi connectivity index (χ1n) is 11.0. The van der Waals surface area contributed by atoms with Gasteiger partial charge in [0.2, 0.25) is 5.91 Å². The lowest BCUT2D eigenvalue weighted by atomic mass is 9.91. The number of aromatic nitrogens is 1. The van der Waals surface area contributed by atoms with Crippen LogP contribution in [-0.4, -0.2) is 33.0 Å². The van der Waals surface area contributed by atoms with Crippen molar-refractivity contribution in [1.29, 1.82) is 0 Å². The maximum Gasteiger partial charge on any atom is 0.433 e. The quantitative estimate of drug-likeness (QED) is 0.416. The zero-order valence-corrected chi connectivity index (χ0v) is 19.7. The highest BCUT2D eigenvalue weighted by molar-refractivity contribution is 5.88. The molecule has 0 saturated carbocycles. The molecular weight excluding hydrogens is 537 g/mol. The Balaban J connectivity index is 2.19. The maximum absolute atomic E-state index is 13.4. The second-order valence-electron chi connectivity index (χ2n) is 8.63. The summed E-state index contributed by atoms with van der Waals surface area (Å²) in [5.41, 5.74) is -6.02. The molecule has 0 spiro atoms. The van der Waals surface area contributed by atoms with Gasteiger partial charge in [0, 0.05) is 19.5 Å². The lowest BCUT2D eigenvalue weighted by Crippen LogP contribution is -2.48. The van der Waals surface area contributed by atoms with E-state index in [4.69, 9.17) is 0 Å². The highest BCUT2D eigenvalue weighted by atomic mass is 19.4. The number of carbonyl (C=O) groups is 2. The Kier molecular flexibility index (Phi) is 7.63. The summed E-state index contributed by atoms with van der Waals surface area (Å²) < 4.78 is 120. The highest BCUT2D eigenvalue weighted by Gasteiger charge is 2.43. The van der Waals surface area contributed by atoms with Gasteiger partial charge in [-0.05, 0) is 48.7 Å². The monoisotopic (exact) mass is 557 g/mol. The number of pyridine rings is 1. The van der Waals surface area contributed by atoms with Crippen molar-refractivity contribution in [2.24, 2.45) is 0 Å². The summed E-state index contributed by atoms with van der Waals surface area (Å²) >= 11 is 0. The van der Waals surface area contributed by atoms with Gasteiger partial charge in [-0.2, -0.15) is 39.5 Å². The maximum atomic E-state index is 13.4. The smallest absolute Gasteiger partial charge is 0.433 e. The third-order valence-electron chi connectivity index (χ3n) is 6.09. The molecule has 208 valence electrons. The van der Waals surface area contributed by atoms with E-state index in [1.807, 2.05) is 0 Å². The van der Waals surface area contributed by atoms with Crippen LogP contribution in [0.3, 0.4) is 0 Å². The first-order chi connectivity index (χ1) is 17.3. The van der Waals surface area contributed by atoms with E-state index in [1.54, 1.807) is 6.92 Å². The number of rotatable bonds is 4. The average Bonchev–Trinajstić information content (AvgIpc) is 2.78. The fraction of sp³-hybridized carbons (Fsp3) is 0.435. The number of hydrogen-bond donors (Lipinski definition) is 1. The SMILES string of the molecule is CC[C@@H]1C[C@H](N(Cc2cc(C(F)(F)F)cc(C(F)(F)F)c2)C(C)=O)c2nc(C(F)(F)F)ccc2N1C(=O)O. The van der Waals surface area contributed by atoms with Crippen LogP contribution in [-0.2, 0) is 29.9 Å². The third kappa shape index (κ3) is 5.96. The van der Waals surface area contributed by atoms with Gasteiger partial charge in [-0.3, -0.25) is 9.69 Å². The van der Waals surface area contributed by atoms with E-state index in [0.717, 1.165) is 22.8 Å². The number of amides is 2. The van der Waals surface area contributed by atoms with Crippen molar-refractivity contribution in [2.45, 2.75) is 63.8 Å². The Labute approximate surface area is 209 Å². The summed E-state index contributed by atoms with van der Waals surface area (Å²) in [4.78, 5) is 29.6.